The SMILES string of the molecule is CN(CCOCC(F)(F)F)CC1CNCCO1. The molecule has 1 saturated heterocycles. The molecule has 0 aromatic heterocycles. The molecule has 0 aromatic carbocycles. The first-order valence-corrected chi connectivity index (χ1v) is 5.63. The first kappa shape index (κ1) is 14.7. The molecular formula is C10H19F3N2O2. The summed E-state index contributed by atoms with van der Waals surface area (Å²) in [5.74, 6) is 0. The van der Waals surface area contributed by atoms with Crippen LogP contribution in [0.3, 0.4) is 0 Å². The highest BCUT2D eigenvalue weighted by Gasteiger charge is 2.27. The third-order valence-corrected chi connectivity index (χ3v) is 2.40. The Bertz CT molecular complexity index is 208. The molecule has 17 heavy (non-hydrogen) atoms. The third kappa shape index (κ3) is 7.54. The van der Waals surface area contributed by atoms with E-state index in [9.17, 15) is 13.2 Å². The Hall–Kier alpha value is -0.370. The van der Waals surface area contributed by atoms with Gasteiger partial charge >= 0.3 is 6.18 Å². The standard InChI is InChI=1S/C10H19F3N2O2/c1-15(3-5-16-8-10(11,12)13)7-9-6-14-2-4-17-9/h9,14H,2-8H2,1H3. The predicted molar refractivity (Wildman–Crippen MR) is 57.0 cm³/mol. The number of rotatable bonds is 6. The quantitative estimate of drug-likeness (QED) is 0.701. The predicted octanol–water partition coefficient (Wildman–Crippen LogP) is 0.485. The summed E-state index contributed by atoms with van der Waals surface area (Å²) in [5.41, 5.74) is 0. The third-order valence-electron chi connectivity index (χ3n) is 2.40. The Morgan fingerprint density at radius 1 is 1.47 bits per heavy atom. The van der Waals surface area contributed by atoms with Gasteiger partial charge in [0.1, 0.15) is 6.61 Å². The average Bonchev–Trinajstić information content (AvgIpc) is 2.25. The largest absolute Gasteiger partial charge is 0.411 e. The minimum atomic E-state index is -4.24. The molecule has 0 aromatic rings. The van der Waals surface area contributed by atoms with Gasteiger partial charge < -0.3 is 19.7 Å². The van der Waals surface area contributed by atoms with Crippen molar-refractivity contribution in [1.29, 1.82) is 0 Å². The number of alkyl halides is 3. The van der Waals surface area contributed by atoms with Crippen LogP contribution in [0.15, 0.2) is 0 Å². The zero-order valence-corrected chi connectivity index (χ0v) is 9.92. The number of hydrogen-bond donors (Lipinski definition) is 1. The van der Waals surface area contributed by atoms with E-state index in [1.165, 1.54) is 0 Å². The minimum absolute atomic E-state index is 0.0795. The fourth-order valence-corrected chi connectivity index (χ4v) is 1.58. The molecule has 0 bridgehead atoms. The lowest BCUT2D eigenvalue weighted by atomic mass is 10.3. The van der Waals surface area contributed by atoms with E-state index in [0.29, 0.717) is 19.7 Å². The average molecular weight is 256 g/mol. The van der Waals surface area contributed by atoms with Gasteiger partial charge in [-0.1, -0.05) is 0 Å². The van der Waals surface area contributed by atoms with Gasteiger partial charge in [0, 0.05) is 26.2 Å². The van der Waals surface area contributed by atoms with Gasteiger partial charge in [-0.05, 0) is 7.05 Å². The summed E-state index contributed by atoms with van der Waals surface area (Å²) in [4.78, 5) is 1.91. The van der Waals surface area contributed by atoms with Crippen molar-refractivity contribution < 1.29 is 22.6 Å². The summed E-state index contributed by atoms with van der Waals surface area (Å²) in [7, 11) is 1.84. The summed E-state index contributed by atoms with van der Waals surface area (Å²) in [6.45, 7) is 2.39. The van der Waals surface area contributed by atoms with Gasteiger partial charge in [0.25, 0.3) is 0 Å². The zero-order valence-electron chi connectivity index (χ0n) is 9.92. The van der Waals surface area contributed by atoms with Crippen LogP contribution in [0.25, 0.3) is 0 Å². The fraction of sp³-hybridized carbons (Fsp3) is 1.00. The second-order valence-electron chi connectivity index (χ2n) is 4.13. The number of nitrogens with zero attached hydrogens (tertiary/aromatic N) is 1. The van der Waals surface area contributed by atoms with E-state index >= 15 is 0 Å². The Kier molecular flexibility index (Phi) is 6.18. The smallest absolute Gasteiger partial charge is 0.374 e. The number of halogens is 3. The van der Waals surface area contributed by atoms with E-state index in [0.717, 1.165) is 13.1 Å². The number of ether oxygens (including phenoxy) is 2. The van der Waals surface area contributed by atoms with Crippen LogP contribution >= 0.6 is 0 Å². The molecule has 1 heterocycles. The van der Waals surface area contributed by atoms with Gasteiger partial charge in [-0.2, -0.15) is 13.2 Å². The second kappa shape index (κ2) is 7.15. The molecule has 1 rings (SSSR count). The van der Waals surface area contributed by atoms with E-state index in [4.69, 9.17) is 4.74 Å². The molecule has 0 amide bonds. The molecule has 102 valence electrons. The molecule has 0 aliphatic carbocycles. The molecule has 1 aliphatic rings. The monoisotopic (exact) mass is 256 g/mol. The zero-order chi connectivity index (χ0) is 12.7. The molecule has 0 spiro atoms. The van der Waals surface area contributed by atoms with Gasteiger partial charge in [0.15, 0.2) is 0 Å². The molecule has 1 aliphatic heterocycles. The Balaban J connectivity index is 2.02. The molecule has 7 heteroatoms. The lowest BCUT2D eigenvalue weighted by molar-refractivity contribution is -0.174. The summed E-state index contributed by atoms with van der Waals surface area (Å²) in [6, 6.07) is 0. The van der Waals surface area contributed by atoms with Gasteiger partial charge in [0.05, 0.1) is 19.3 Å². The number of nitrogens with one attached hydrogen (secondary N) is 1. The van der Waals surface area contributed by atoms with E-state index in [1.54, 1.807) is 0 Å². The molecule has 0 radical (unpaired) electrons. The van der Waals surface area contributed by atoms with Crippen molar-refractivity contribution in [1.82, 2.24) is 10.2 Å². The first-order valence-electron chi connectivity index (χ1n) is 5.63. The van der Waals surface area contributed by atoms with Gasteiger partial charge in [-0.25, -0.2) is 0 Å². The number of morpholine rings is 1. The molecule has 0 saturated carbocycles. The van der Waals surface area contributed by atoms with E-state index in [1.807, 2.05) is 11.9 Å². The van der Waals surface area contributed by atoms with Crippen LogP contribution in [0.1, 0.15) is 0 Å². The Morgan fingerprint density at radius 2 is 2.24 bits per heavy atom. The topological polar surface area (TPSA) is 33.7 Å². The normalized spacial score (nSPS) is 22.1. The van der Waals surface area contributed by atoms with E-state index in [-0.39, 0.29) is 12.7 Å². The van der Waals surface area contributed by atoms with Crippen LogP contribution in [0.4, 0.5) is 13.2 Å². The maximum Gasteiger partial charge on any atom is 0.411 e. The molecule has 1 unspecified atom stereocenters. The van der Waals surface area contributed by atoms with Crippen molar-refractivity contribution in [3.63, 3.8) is 0 Å². The fourth-order valence-electron chi connectivity index (χ4n) is 1.58. The van der Waals surface area contributed by atoms with E-state index < -0.39 is 12.8 Å². The minimum Gasteiger partial charge on any atom is -0.374 e. The highest BCUT2D eigenvalue weighted by molar-refractivity contribution is 4.70. The Labute approximate surface area is 99.1 Å². The number of hydrogen-bond acceptors (Lipinski definition) is 4. The van der Waals surface area contributed by atoms with Crippen molar-refractivity contribution in [2.75, 3.05) is 53.0 Å². The van der Waals surface area contributed by atoms with Crippen molar-refractivity contribution >= 4 is 0 Å². The Morgan fingerprint density at radius 3 is 2.82 bits per heavy atom. The van der Waals surface area contributed by atoms with Crippen molar-refractivity contribution in [3.05, 3.63) is 0 Å². The first-order chi connectivity index (χ1) is 7.97. The summed E-state index contributed by atoms with van der Waals surface area (Å²) >= 11 is 0. The highest BCUT2D eigenvalue weighted by Crippen LogP contribution is 2.14. The van der Waals surface area contributed by atoms with Gasteiger partial charge in [-0.15, -0.1) is 0 Å². The maximum absolute atomic E-state index is 11.8. The van der Waals surface area contributed by atoms with Crippen LogP contribution in [0.5, 0.6) is 0 Å². The van der Waals surface area contributed by atoms with Crippen LogP contribution < -0.4 is 5.32 Å². The molecule has 1 fully saturated rings. The summed E-state index contributed by atoms with van der Waals surface area (Å²) in [5, 5.41) is 3.20. The second-order valence-corrected chi connectivity index (χ2v) is 4.13. The van der Waals surface area contributed by atoms with Gasteiger partial charge in [0.2, 0.25) is 0 Å². The maximum atomic E-state index is 11.8. The van der Waals surface area contributed by atoms with Crippen molar-refractivity contribution in [2.24, 2.45) is 0 Å². The molecule has 1 atom stereocenters. The van der Waals surface area contributed by atoms with Crippen molar-refractivity contribution in [2.45, 2.75) is 12.3 Å². The van der Waals surface area contributed by atoms with Crippen LogP contribution in [0.2, 0.25) is 0 Å². The molecular weight excluding hydrogens is 237 g/mol. The van der Waals surface area contributed by atoms with Crippen LogP contribution in [-0.2, 0) is 9.47 Å². The lowest BCUT2D eigenvalue weighted by Crippen LogP contribution is -2.45. The molecule has 4 nitrogen and oxygen atoms in total. The number of likely N-dealkylation sites (N-methyl/N-ethyl adjacent to an activating group) is 1. The summed E-state index contributed by atoms with van der Waals surface area (Å²) in [6.07, 6.45) is -4.13. The molecule has 1 N–H and O–H groups in total. The lowest BCUT2D eigenvalue weighted by Gasteiger charge is -2.27. The van der Waals surface area contributed by atoms with Crippen molar-refractivity contribution in [3.8, 4) is 0 Å². The van der Waals surface area contributed by atoms with Crippen LogP contribution in [0, 0.1) is 0 Å². The van der Waals surface area contributed by atoms with E-state index in [2.05, 4.69) is 10.1 Å². The highest BCUT2D eigenvalue weighted by atomic mass is 19.4. The van der Waals surface area contributed by atoms with Gasteiger partial charge in [-0.3, -0.25) is 0 Å². The summed E-state index contributed by atoms with van der Waals surface area (Å²) < 4.78 is 45.4. The van der Waals surface area contributed by atoms with Crippen LogP contribution in [-0.4, -0.2) is 70.2 Å².